The molecule has 1 amide bonds. The van der Waals surface area contributed by atoms with Crippen molar-refractivity contribution in [1.82, 2.24) is 19.6 Å². The molecular formula is C50H56N6O9S2. The van der Waals surface area contributed by atoms with Gasteiger partial charge in [0, 0.05) is 66.4 Å². The lowest BCUT2D eigenvalue weighted by molar-refractivity contribution is -0.388. The van der Waals surface area contributed by atoms with Gasteiger partial charge < -0.3 is 29.2 Å². The van der Waals surface area contributed by atoms with E-state index in [1.54, 1.807) is 24.4 Å². The molecule has 1 spiro atoms. The number of nitrogens with one attached hydrogen (secondary N) is 2. The van der Waals surface area contributed by atoms with E-state index >= 15 is 0 Å². The number of H-pyrrole nitrogens is 1. The molecule has 3 aliphatic heterocycles. The first-order valence-corrected chi connectivity index (χ1v) is 26.0. The monoisotopic (exact) mass is 948 g/mol. The van der Waals surface area contributed by atoms with E-state index in [0.29, 0.717) is 36.2 Å². The fraction of sp³-hybridized carbons (Fsp3) is 0.480. The molecule has 15 nitrogen and oxygen atoms in total. The van der Waals surface area contributed by atoms with Gasteiger partial charge in [-0.3, -0.25) is 19.8 Å². The molecule has 17 heteroatoms. The summed E-state index contributed by atoms with van der Waals surface area (Å²) in [6.07, 6.45) is 13.0. The number of carbonyl (C=O) groups is 1. The normalized spacial score (nSPS) is 25.5. The minimum atomic E-state index is -4.64. The summed E-state index contributed by atoms with van der Waals surface area (Å²) >= 11 is 1.31. The van der Waals surface area contributed by atoms with Crippen molar-refractivity contribution in [1.29, 1.82) is 0 Å². The molecule has 2 aromatic heterocycles. The molecule has 67 heavy (non-hydrogen) atoms. The summed E-state index contributed by atoms with van der Waals surface area (Å²) in [6, 6.07) is 20.8. The van der Waals surface area contributed by atoms with Crippen molar-refractivity contribution in [2.75, 3.05) is 44.4 Å². The molecule has 3 aliphatic carbocycles. The molecule has 2 saturated heterocycles. The summed E-state index contributed by atoms with van der Waals surface area (Å²) < 4.78 is 48.6. The fourth-order valence-corrected chi connectivity index (χ4v) is 13.7. The summed E-state index contributed by atoms with van der Waals surface area (Å²) in [6.45, 7) is 6.14. The van der Waals surface area contributed by atoms with Gasteiger partial charge in [-0.25, -0.2) is 18.1 Å². The lowest BCUT2D eigenvalue weighted by Gasteiger charge is -2.57. The summed E-state index contributed by atoms with van der Waals surface area (Å²) in [7, 11) is -4.64. The maximum Gasteiger partial charge on any atom is 0.288 e. The number of morpholine rings is 1. The molecule has 0 bridgehead atoms. The molecule has 5 fully saturated rings. The van der Waals surface area contributed by atoms with Crippen molar-refractivity contribution in [3.8, 4) is 17.2 Å². The topological polar surface area (TPSA) is 189 Å². The number of aromatic amines is 1. The maximum atomic E-state index is 14.1. The Hall–Kier alpha value is -5.20. The minimum Gasteiger partial charge on any atom is -0.491 e. The molecule has 6 aliphatic rings. The van der Waals surface area contributed by atoms with E-state index in [2.05, 4.69) is 48.8 Å². The van der Waals surface area contributed by atoms with Gasteiger partial charge in [0.2, 0.25) is 0 Å². The van der Waals surface area contributed by atoms with Crippen molar-refractivity contribution < 1.29 is 37.5 Å². The maximum absolute atomic E-state index is 14.1. The summed E-state index contributed by atoms with van der Waals surface area (Å²) in [4.78, 5) is 38.3. The number of fused-ring (bicyclic) bond motifs is 2. The summed E-state index contributed by atoms with van der Waals surface area (Å²) in [5, 5.41) is 23.6. The highest BCUT2D eigenvalue weighted by Gasteiger charge is 2.50. The van der Waals surface area contributed by atoms with Gasteiger partial charge in [-0.05, 0) is 124 Å². The van der Waals surface area contributed by atoms with Crippen LogP contribution in [0.2, 0.25) is 0 Å². The predicted molar refractivity (Wildman–Crippen MR) is 254 cm³/mol. The number of pyridine rings is 1. The second-order valence-corrected chi connectivity index (χ2v) is 22.8. The van der Waals surface area contributed by atoms with Crippen LogP contribution < -0.4 is 19.1 Å². The Morgan fingerprint density at radius 3 is 2.52 bits per heavy atom. The van der Waals surface area contributed by atoms with Gasteiger partial charge in [0.05, 0.1) is 46.4 Å². The smallest absolute Gasteiger partial charge is 0.288 e. The number of anilines is 1. The van der Waals surface area contributed by atoms with E-state index in [0.717, 1.165) is 88.5 Å². The average molecular weight is 949 g/mol. The average Bonchev–Trinajstić information content (AvgIpc) is 4.06. The quantitative estimate of drug-likeness (QED) is 0.0842. The number of nitro groups is 1. The van der Waals surface area contributed by atoms with Gasteiger partial charge in [0.15, 0.2) is 0 Å². The molecular weight excluding hydrogens is 893 g/mol. The van der Waals surface area contributed by atoms with Crippen LogP contribution >= 0.6 is 11.8 Å². The number of nitrogens with zero attached hydrogens (tertiary/aromatic N) is 4. The van der Waals surface area contributed by atoms with Crippen molar-refractivity contribution in [2.45, 2.75) is 110 Å². The number of amides is 1. The van der Waals surface area contributed by atoms with E-state index in [9.17, 15) is 28.4 Å². The summed E-state index contributed by atoms with van der Waals surface area (Å²) in [5.41, 5.74) is 3.53. The first-order valence-electron chi connectivity index (χ1n) is 23.6. The third kappa shape index (κ3) is 8.89. The van der Waals surface area contributed by atoms with Crippen LogP contribution in [0.25, 0.3) is 11.0 Å². The van der Waals surface area contributed by atoms with Gasteiger partial charge in [-0.1, -0.05) is 24.3 Å². The molecule has 3 N–H and O–H groups in total. The Morgan fingerprint density at radius 1 is 0.985 bits per heavy atom. The van der Waals surface area contributed by atoms with E-state index in [-0.39, 0.29) is 51.2 Å². The highest BCUT2D eigenvalue weighted by Crippen LogP contribution is 2.54. The zero-order chi connectivity index (χ0) is 46.1. The fourth-order valence-electron chi connectivity index (χ4n) is 11.3. The Labute approximate surface area is 394 Å². The lowest BCUT2D eigenvalue weighted by Crippen LogP contribution is -2.58. The van der Waals surface area contributed by atoms with Gasteiger partial charge in [0.25, 0.3) is 21.6 Å². The molecule has 11 rings (SSSR count). The van der Waals surface area contributed by atoms with Gasteiger partial charge in [-0.2, -0.15) is 0 Å². The Morgan fingerprint density at radius 2 is 1.76 bits per heavy atom. The van der Waals surface area contributed by atoms with Gasteiger partial charge in [0.1, 0.15) is 34.4 Å². The number of hydrogen-bond donors (Lipinski definition) is 3. The number of nitro benzene ring substituents is 1. The summed E-state index contributed by atoms with van der Waals surface area (Å²) in [5.74, 6) is 0.482. The van der Waals surface area contributed by atoms with E-state index in [4.69, 9.17) is 14.2 Å². The van der Waals surface area contributed by atoms with Crippen molar-refractivity contribution in [3.63, 3.8) is 0 Å². The van der Waals surface area contributed by atoms with Crippen molar-refractivity contribution >= 4 is 50.1 Å². The van der Waals surface area contributed by atoms with Crippen LogP contribution in [-0.4, -0.2) is 95.6 Å². The number of hydrogen-bond acceptors (Lipinski definition) is 13. The first kappa shape index (κ1) is 44.3. The number of aliphatic hydroxyl groups is 1. The molecule has 5 heterocycles. The number of piperidine rings is 1. The van der Waals surface area contributed by atoms with Gasteiger partial charge >= 0.3 is 0 Å². The van der Waals surface area contributed by atoms with Crippen LogP contribution in [0.3, 0.4) is 0 Å². The molecule has 2 atom stereocenters. The molecule has 0 radical (unpaired) electrons. The van der Waals surface area contributed by atoms with Crippen LogP contribution in [0.5, 0.6) is 17.2 Å². The SMILES string of the molecule is CC1(O)CCC([C@H]2COc3cc(S(=O)(=O)NC(=O)c4ccc(N5CCC6(CC5)CC(N5CCOC[C@@H]5c5ccccc5C5CC5)C6)cc4Oc4cnc5[nH]ccc5c4)cc([N+](=O)[O-])c3S2)CC1. The zero-order valence-corrected chi connectivity index (χ0v) is 39.2. The van der Waals surface area contributed by atoms with Gasteiger partial charge in [-0.15, -0.1) is 11.8 Å². The number of aromatic nitrogens is 2. The highest BCUT2D eigenvalue weighted by atomic mass is 32.2. The van der Waals surface area contributed by atoms with Crippen LogP contribution in [0.15, 0.2) is 88.9 Å². The first-order chi connectivity index (χ1) is 32.3. The third-order valence-electron chi connectivity index (χ3n) is 15.4. The Kier molecular flexibility index (Phi) is 11.5. The molecule has 5 aromatic rings. The minimum absolute atomic E-state index is 0.0336. The Bertz CT molecular complexity index is 2820. The lowest BCUT2D eigenvalue weighted by atomic mass is 9.59. The standard InChI is InChI=1S/C50H56N6O9S2/c1-49(58)13-10-32(11-14-49)45-30-64-44-25-37(24-41(56(59)60)46(44)66-45)67(61,62)53-48(57)40-9-8-34(23-43(40)65-36-22-33-12-17-51-47(33)52-28-36)54-18-15-50(16-19-54)26-35(27-50)55-20-21-63-29-42(55)39-5-3-2-4-38(39)31-6-7-31/h2-5,8-9,12,17,22-25,28,31-32,35,42,45,58H,6-7,10-11,13-16,18-21,26-27,29-30H2,1H3,(H,51,52)(H,53,57)/t32?,42-,45-,49?/m1/s1. The third-order valence-corrected chi connectivity index (χ3v) is 18.2. The van der Waals surface area contributed by atoms with E-state index < -0.39 is 37.0 Å². The van der Waals surface area contributed by atoms with E-state index in [1.165, 1.54) is 48.0 Å². The predicted octanol–water partition coefficient (Wildman–Crippen LogP) is 8.88. The molecule has 0 unspecified atom stereocenters. The van der Waals surface area contributed by atoms with Crippen LogP contribution in [-0.2, 0) is 14.8 Å². The highest BCUT2D eigenvalue weighted by molar-refractivity contribution is 8.00. The number of sulfonamides is 1. The second-order valence-electron chi connectivity index (χ2n) is 19.9. The molecule has 352 valence electrons. The number of carbonyl (C=O) groups excluding carboxylic acids is 1. The largest absolute Gasteiger partial charge is 0.491 e. The Balaban J connectivity index is 0.802. The van der Waals surface area contributed by atoms with Crippen LogP contribution in [0.1, 0.15) is 105 Å². The molecule has 3 saturated carbocycles. The van der Waals surface area contributed by atoms with Crippen molar-refractivity contribution in [3.05, 3.63) is 106 Å². The molecule has 3 aromatic carbocycles. The van der Waals surface area contributed by atoms with E-state index in [1.807, 2.05) is 19.1 Å². The number of benzene rings is 3. The van der Waals surface area contributed by atoms with Crippen LogP contribution in [0.4, 0.5) is 11.4 Å². The van der Waals surface area contributed by atoms with Crippen molar-refractivity contribution in [2.24, 2.45) is 11.3 Å². The zero-order valence-electron chi connectivity index (χ0n) is 37.5. The number of rotatable bonds is 11. The second kappa shape index (κ2) is 17.4. The van der Waals surface area contributed by atoms with Crippen LogP contribution in [0, 0.1) is 21.4 Å². The number of thioether (sulfide) groups is 1. The number of ether oxygens (including phenoxy) is 3.